The Morgan fingerprint density at radius 3 is 2.79 bits per heavy atom. The summed E-state index contributed by atoms with van der Waals surface area (Å²) in [5, 5.41) is 0. The molecule has 1 fully saturated rings. The molecule has 1 aliphatic heterocycles. The molecule has 2 N–H and O–H groups in total. The third-order valence-electron chi connectivity index (χ3n) is 4.37. The smallest absolute Gasteiger partial charge is 0.127 e. The van der Waals surface area contributed by atoms with Gasteiger partial charge in [-0.3, -0.25) is 4.90 Å². The predicted octanol–water partition coefficient (Wildman–Crippen LogP) is 3.04. The third-order valence-corrected chi connectivity index (χ3v) is 5.68. The van der Waals surface area contributed by atoms with Gasteiger partial charge < -0.3 is 5.73 Å². The van der Waals surface area contributed by atoms with Crippen LogP contribution in [0.2, 0.25) is 0 Å². The van der Waals surface area contributed by atoms with E-state index in [1.807, 2.05) is 23.9 Å². The van der Waals surface area contributed by atoms with Crippen molar-refractivity contribution in [1.82, 2.24) is 4.90 Å². The van der Waals surface area contributed by atoms with Gasteiger partial charge in [0.15, 0.2) is 0 Å². The first-order valence-electron chi connectivity index (χ1n) is 6.86. The lowest BCUT2D eigenvalue weighted by Gasteiger charge is -2.46. The molecule has 1 aromatic rings. The molecule has 1 heterocycles. The largest absolute Gasteiger partial charge is 0.329 e. The van der Waals surface area contributed by atoms with Crippen LogP contribution in [-0.2, 0) is 0 Å². The molecule has 0 aliphatic carbocycles. The van der Waals surface area contributed by atoms with E-state index >= 15 is 0 Å². The summed E-state index contributed by atoms with van der Waals surface area (Å²) in [6.45, 7) is 2.70. The monoisotopic (exact) mass is 282 g/mol. The number of rotatable bonds is 4. The molecule has 4 heteroatoms. The van der Waals surface area contributed by atoms with E-state index in [9.17, 15) is 4.39 Å². The summed E-state index contributed by atoms with van der Waals surface area (Å²) in [6.07, 6.45) is 2.29. The maximum absolute atomic E-state index is 13.9. The number of hydrogen-bond acceptors (Lipinski definition) is 3. The van der Waals surface area contributed by atoms with Crippen LogP contribution in [0.1, 0.15) is 31.4 Å². The van der Waals surface area contributed by atoms with Gasteiger partial charge in [-0.15, -0.1) is 0 Å². The molecule has 0 spiro atoms. The number of benzene rings is 1. The normalized spacial score (nSPS) is 25.5. The van der Waals surface area contributed by atoms with Crippen molar-refractivity contribution < 1.29 is 4.39 Å². The lowest BCUT2D eigenvalue weighted by molar-refractivity contribution is 0.0912. The summed E-state index contributed by atoms with van der Waals surface area (Å²) in [4.78, 5) is 2.28. The fourth-order valence-electron chi connectivity index (χ4n) is 2.85. The minimum Gasteiger partial charge on any atom is -0.329 e. The van der Waals surface area contributed by atoms with Crippen LogP contribution in [0.4, 0.5) is 4.39 Å². The highest BCUT2D eigenvalue weighted by atomic mass is 32.2. The van der Waals surface area contributed by atoms with E-state index in [0.29, 0.717) is 6.54 Å². The average molecular weight is 282 g/mol. The summed E-state index contributed by atoms with van der Waals surface area (Å²) in [5.74, 6) is 2.13. The van der Waals surface area contributed by atoms with E-state index in [1.54, 1.807) is 6.07 Å². The zero-order valence-corrected chi connectivity index (χ0v) is 12.5. The van der Waals surface area contributed by atoms with Crippen LogP contribution in [0.5, 0.6) is 0 Å². The molecule has 2 atom stereocenters. The third kappa shape index (κ3) is 2.96. The summed E-state index contributed by atoms with van der Waals surface area (Å²) in [6, 6.07) is 7.08. The molecule has 1 saturated heterocycles. The second kappa shape index (κ2) is 6.25. The maximum atomic E-state index is 13.9. The zero-order chi connectivity index (χ0) is 13.9. The summed E-state index contributed by atoms with van der Waals surface area (Å²) in [7, 11) is 2.08. The lowest BCUT2D eigenvalue weighted by Crippen LogP contribution is -2.56. The zero-order valence-electron chi connectivity index (χ0n) is 11.7. The van der Waals surface area contributed by atoms with E-state index in [-0.39, 0.29) is 17.4 Å². The van der Waals surface area contributed by atoms with Crippen LogP contribution < -0.4 is 5.73 Å². The van der Waals surface area contributed by atoms with Crippen molar-refractivity contribution in [2.45, 2.75) is 31.3 Å². The fourth-order valence-corrected chi connectivity index (χ4v) is 4.19. The maximum Gasteiger partial charge on any atom is 0.127 e. The van der Waals surface area contributed by atoms with E-state index in [1.165, 1.54) is 18.2 Å². The molecule has 1 aromatic carbocycles. The van der Waals surface area contributed by atoms with E-state index in [2.05, 4.69) is 18.9 Å². The number of nitrogens with two attached hydrogens (primary N) is 1. The van der Waals surface area contributed by atoms with Gasteiger partial charge in [0.2, 0.25) is 0 Å². The van der Waals surface area contributed by atoms with Gasteiger partial charge in [0.05, 0.1) is 0 Å². The number of hydrogen-bond donors (Lipinski definition) is 1. The molecule has 106 valence electrons. The number of thioether (sulfide) groups is 1. The molecule has 0 amide bonds. The first-order chi connectivity index (χ1) is 9.10. The van der Waals surface area contributed by atoms with E-state index in [0.717, 1.165) is 17.7 Å². The van der Waals surface area contributed by atoms with Gasteiger partial charge in [0.1, 0.15) is 5.82 Å². The predicted molar refractivity (Wildman–Crippen MR) is 80.9 cm³/mol. The summed E-state index contributed by atoms with van der Waals surface area (Å²) in [5.41, 5.74) is 6.81. The molecule has 2 nitrogen and oxygen atoms in total. The van der Waals surface area contributed by atoms with Crippen molar-refractivity contribution in [3.05, 3.63) is 35.6 Å². The quantitative estimate of drug-likeness (QED) is 0.920. The Morgan fingerprint density at radius 1 is 1.47 bits per heavy atom. The Hall–Kier alpha value is -0.580. The van der Waals surface area contributed by atoms with Gasteiger partial charge in [-0.25, -0.2) is 4.39 Å². The van der Waals surface area contributed by atoms with Crippen LogP contribution in [-0.4, -0.2) is 35.5 Å². The Bertz CT molecular complexity index is 418. The number of likely N-dealkylation sites (N-methyl/N-ethyl adjacent to an activating group) is 1. The standard InChI is InChI=1S/C15H23FN2S/c1-12(13-6-3-4-7-14(13)16)18(2)15(10-17)8-5-9-19-11-15/h3-4,6-7,12H,5,8-11,17H2,1-2H3. The first kappa shape index (κ1) is 14.8. The minimum absolute atomic E-state index is 0.00458. The average Bonchev–Trinajstić information content (AvgIpc) is 2.47. The number of halogens is 1. The Balaban J connectivity index is 2.22. The van der Waals surface area contributed by atoms with Gasteiger partial charge in [-0.2, -0.15) is 11.8 Å². The van der Waals surface area contributed by atoms with Crippen molar-refractivity contribution in [1.29, 1.82) is 0 Å². The summed E-state index contributed by atoms with van der Waals surface area (Å²) < 4.78 is 13.9. The van der Waals surface area contributed by atoms with Gasteiger partial charge in [0.25, 0.3) is 0 Å². The molecule has 19 heavy (non-hydrogen) atoms. The highest BCUT2D eigenvalue weighted by Gasteiger charge is 2.38. The molecule has 0 aromatic heterocycles. The van der Waals surface area contributed by atoms with Crippen LogP contribution in [0, 0.1) is 5.82 Å². The minimum atomic E-state index is -0.127. The Kier molecular flexibility index (Phi) is 4.87. The number of nitrogens with zero attached hydrogens (tertiary/aromatic N) is 1. The summed E-state index contributed by atoms with van der Waals surface area (Å²) >= 11 is 1.96. The van der Waals surface area contributed by atoms with Gasteiger partial charge in [-0.1, -0.05) is 18.2 Å². The van der Waals surface area contributed by atoms with Crippen molar-refractivity contribution in [2.24, 2.45) is 5.73 Å². The van der Waals surface area contributed by atoms with Crippen molar-refractivity contribution in [3.8, 4) is 0 Å². The van der Waals surface area contributed by atoms with Crippen LogP contribution in [0.25, 0.3) is 0 Å². The second-order valence-corrected chi connectivity index (χ2v) is 6.50. The molecule has 0 saturated carbocycles. The lowest BCUT2D eigenvalue weighted by atomic mass is 9.90. The first-order valence-corrected chi connectivity index (χ1v) is 8.01. The van der Waals surface area contributed by atoms with E-state index < -0.39 is 0 Å². The molecule has 2 unspecified atom stereocenters. The molecular formula is C15H23FN2S. The van der Waals surface area contributed by atoms with Crippen LogP contribution in [0.15, 0.2) is 24.3 Å². The van der Waals surface area contributed by atoms with Crippen molar-refractivity contribution in [2.75, 3.05) is 25.1 Å². The van der Waals surface area contributed by atoms with Crippen LogP contribution >= 0.6 is 11.8 Å². The Labute approximate surface area is 119 Å². The van der Waals surface area contributed by atoms with Crippen molar-refractivity contribution >= 4 is 11.8 Å². The highest BCUT2D eigenvalue weighted by Crippen LogP contribution is 2.36. The van der Waals surface area contributed by atoms with Crippen molar-refractivity contribution in [3.63, 3.8) is 0 Å². The molecule has 2 rings (SSSR count). The van der Waals surface area contributed by atoms with Gasteiger partial charge >= 0.3 is 0 Å². The second-order valence-electron chi connectivity index (χ2n) is 5.39. The molecule has 1 aliphatic rings. The topological polar surface area (TPSA) is 29.3 Å². The van der Waals surface area contributed by atoms with Crippen LogP contribution in [0.3, 0.4) is 0 Å². The molecule has 0 radical (unpaired) electrons. The highest BCUT2D eigenvalue weighted by molar-refractivity contribution is 7.99. The van der Waals surface area contributed by atoms with Gasteiger partial charge in [0, 0.05) is 29.4 Å². The molecule has 0 bridgehead atoms. The SMILES string of the molecule is CC(c1ccccc1F)N(C)C1(CN)CCCSC1. The fraction of sp³-hybridized carbons (Fsp3) is 0.600. The van der Waals surface area contributed by atoms with E-state index in [4.69, 9.17) is 5.73 Å². The molecular weight excluding hydrogens is 259 g/mol. The van der Waals surface area contributed by atoms with Gasteiger partial charge in [-0.05, 0) is 38.6 Å². The Morgan fingerprint density at radius 2 is 2.21 bits per heavy atom.